The second-order valence-corrected chi connectivity index (χ2v) is 8.52. The molecule has 4 aliphatic carbocycles. The molecule has 3 heteroatoms. The molecule has 4 rings (SSSR count). The van der Waals surface area contributed by atoms with Gasteiger partial charge in [0, 0.05) is 24.2 Å². The van der Waals surface area contributed by atoms with E-state index in [4.69, 9.17) is 0 Å². The molecule has 0 amide bonds. The lowest BCUT2D eigenvalue weighted by atomic mass is 9.47. The number of aliphatic hydroxyl groups excluding tert-OH is 1. The maximum absolute atomic E-state index is 13.0. The van der Waals surface area contributed by atoms with Gasteiger partial charge in [0.05, 0.1) is 6.10 Å². The highest BCUT2D eigenvalue weighted by molar-refractivity contribution is 5.95. The van der Waals surface area contributed by atoms with E-state index in [1.807, 2.05) is 13.0 Å². The highest BCUT2D eigenvalue weighted by Gasteiger charge is 2.62. The van der Waals surface area contributed by atoms with E-state index in [2.05, 4.69) is 6.92 Å². The molecule has 22 heavy (non-hydrogen) atoms. The zero-order valence-corrected chi connectivity index (χ0v) is 13.6. The fourth-order valence-electron chi connectivity index (χ4n) is 6.31. The summed E-state index contributed by atoms with van der Waals surface area (Å²) in [5, 5.41) is 9.94. The number of ketones is 2. The number of Topliss-reactive ketones (excluding diaryl/α,β-unsaturated/α-hetero) is 2. The van der Waals surface area contributed by atoms with Gasteiger partial charge in [0.15, 0.2) is 0 Å². The highest BCUT2D eigenvalue weighted by atomic mass is 16.3. The van der Waals surface area contributed by atoms with Crippen LogP contribution in [0.2, 0.25) is 0 Å². The van der Waals surface area contributed by atoms with Gasteiger partial charge in [-0.2, -0.15) is 0 Å². The van der Waals surface area contributed by atoms with Crippen molar-refractivity contribution in [2.45, 2.75) is 64.9 Å². The van der Waals surface area contributed by atoms with Gasteiger partial charge in [-0.25, -0.2) is 0 Å². The summed E-state index contributed by atoms with van der Waals surface area (Å²) in [5.41, 5.74) is 0.838. The minimum Gasteiger partial charge on any atom is -0.389 e. The summed E-state index contributed by atoms with van der Waals surface area (Å²) in [4.78, 5) is 25.4. The van der Waals surface area contributed by atoms with Crippen molar-refractivity contribution < 1.29 is 14.7 Å². The molecule has 1 unspecified atom stereocenters. The van der Waals surface area contributed by atoms with Crippen LogP contribution in [0.4, 0.5) is 0 Å². The first-order valence-electron chi connectivity index (χ1n) is 8.81. The number of allylic oxidation sites excluding steroid dienone is 1. The van der Waals surface area contributed by atoms with Crippen molar-refractivity contribution in [1.82, 2.24) is 0 Å². The molecule has 3 saturated carbocycles. The Kier molecular flexibility index (Phi) is 3.01. The average molecular weight is 302 g/mol. The van der Waals surface area contributed by atoms with E-state index in [0.29, 0.717) is 36.2 Å². The summed E-state index contributed by atoms with van der Waals surface area (Å²) < 4.78 is 0. The summed E-state index contributed by atoms with van der Waals surface area (Å²) in [6.07, 6.45) is 7.43. The van der Waals surface area contributed by atoms with Gasteiger partial charge in [0.2, 0.25) is 0 Å². The molecular formula is C19H26O3. The van der Waals surface area contributed by atoms with Crippen LogP contribution in [0.1, 0.15) is 58.8 Å². The summed E-state index contributed by atoms with van der Waals surface area (Å²) >= 11 is 0. The first-order chi connectivity index (χ1) is 10.4. The van der Waals surface area contributed by atoms with Crippen LogP contribution in [0, 0.1) is 28.6 Å². The third kappa shape index (κ3) is 1.72. The highest BCUT2D eigenvalue weighted by Crippen LogP contribution is 2.63. The number of carbonyl (C=O) groups excluding carboxylic acids is 2. The monoisotopic (exact) mass is 302 g/mol. The van der Waals surface area contributed by atoms with Gasteiger partial charge in [-0.3, -0.25) is 9.59 Å². The molecule has 0 heterocycles. The van der Waals surface area contributed by atoms with Gasteiger partial charge in [0.1, 0.15) is 11.6 Å². The van der Waals surface area contributed by atoms with Crippen LogP contribution in [0.15, 0.2) is 11.6 Å². The normalized spacial score (nSPS) is 51.0. The zero-order valence-electron chi connectivity index (χ0n) is 13.6. The maximum Gasteiger partial charge on any atom is 0.139 e. The molecule has 0 spiro atoms. The van der Waals surface area contributed by atoms with Crippen LogP contribution in [0.25, 0.3) is 0 Å². The minimum atomic E-state index is -0.385. The number of rotatable bonds is 0. The van der Waals surface area contributed by atoms with Gasteiger partial charge in [0.25, 0.3) is 0 Å². The molecule has 4 aliphatic rings. The SMILES string of the molecule is C[C@]12CCC(O)C=C1CC[C@@H]1[C@@H]2C(=O)C[C@]2(C)C(=O)CC[C@@H]12. The molecule has 0 aromatic rings. The Morgan fingerprint density at radius 2 is 1.86 bits per heavy atom. The molecule has 6 atom stereocenters. The van der Waals surface area contributed by atoms with E-state index in [9.17, 15) is 14.7 Å². The molecule has 0 radical (unpaired) electrons. The fourth-order valence-corrected chi connectivity index (χ4v) is 6.31. The Morgan fingerprint density at radius 3 is 2.64 bits per heavy atom. The first kappa shape index (κ1) is 14.6. The number of aliphatic hydroxyl groups is 1. The van der Waals surface area contributed by atoms with E-state index < -0.39 is 0 Å². The van der Waals surface area contributed by atoms with Crippen molar-refractivity contribution >= 4 is 11.6 Å². The number of carbonyl (C=O) groups is 2. The van der Waals surface area contributed by atoms with E-state index >= 15 is 0 Å². The molecule has 120 valence electrons. The molecule has 3 fully saturated rings. The Morgan fingerprint density at radius 1 is 1.09 bits per heavy atom. The van der Waals surface area contributed by atoms with Crippen LogP contribution in [-0.2, 0) is 9.59 Å². The van der Waals surface area contributed by atoms with E-state index in [1.165, 1.54) is 5.57 Å². The third-order valence-corrected chi connectivity index (χ3v) is 7.49. The third-order valence-electron chi connectivity index (χ3n) is 7.49. The van der Waals surface area contributed by atoms with Gasteiger partial charge in [-0.1, -0.05) is 25.5 Å². The maximum atomic E-state index is 13.0. The van der Waals surface area contributed by atoms with E-state index in [0.717, 1.165) is 32.1 Å². The quantitative estimate of drug-likeness (QED) is 0.700. The molecule has 0 aromatic carbocycles. The number of hydrogen-bond acceptors (Lipinski definition) is 3. The van der Waals surface area contributed by atoms with Gasteiger partial charge >= 0.3 is 0 Å². The van der Waals surface area contributed by atoms with Gasteiger partial charge < -0.3 is 5.11 Å². The van der Waals surface area contributed by atoms with Crippen LogP contribution in [-0.4, -0.2) is 22.8 Å². The van der Waals surface area contributed by atoms with Crippen molar-refractivity contribution in [1.29, 1.82) is 0 Å². The second-order valence-electron chi connectivity index (χ2n) is 8.52. The summed E-state index contributed by atoms with van der Waals surface area (Å²) in [6, 6.07) is 0. The summed E-state index contributed by atoms with van der Waals surface area (Å²) in [6.45, 7) is 4.28. The van der Waals surface area contributed by atoms with Crippen LogP contribution in [0.5, 0.6) is 0 Å². The van der Waals surface area contributed by atoms with Crippen LogP contribution < -0.4 is 0 Å². The molecule has 0 bridgehead atoms. The fraction of sp³-hybridized carbons (Fsp3) is 0.789. The van der Waals surface area contributed by atoms with Crippen LogP contribution in [0.3, 0.4) is 0 Å². The lowest BCUT2D eigenvalue weighted by molar-refractivity contribution is -0.149. The zero-order chi connectivity index (χ0) is 15.7. The van der Waals surface area contributed by atoms with Crippen molar-refractivity contribution in [3.8, 4) is 0 Å². The predicted molar refractivity (Wildman–Crippen MR) is 83.1 cm³/mol. The molecule has 1 N–H and O–H groups in total. The van der Waals surface area contributed by atoms with Crippen molar-refractivity contribution in [3.63, 3.8) is 0 Å². The Balaban J connectivity index is 1.76. The molecular weight excluding hydrogens is 276 g/mol. The molecule has 0 aromatic heterocycles. The Labute approximate surface area is 132 Å². The minimum absolute atomic E-state index is 0.0731. The molecule has 3 nitrogen and oxygen atoms in total. The van der Waals surface area contributed by atoms with Crippen molar-refractivity contribution in [2.24, 2.45) is 28.6 Å². The Bertz CT molecular complexity index is 577. The largest absolute Gasteiger partial charge is 0.389 e. The van der Waals surface area contributed by atoms with E-state index in [-0.39, 0.29) is 22.9 Å². The smallest absolute Gasteiger partial charge is 0.139 e. The Hall–Kier alpha value is -0.960. The van der Waals surface area contributed by atoms with Gasteiger partial charge in [-0.15, -0.1) is 0 Å². The average Bonchev–Trinajstić information content (AvgIpc) is 2.75. The molecule has 0 saturated heterocycles. The van der Waals surface area contributed by atoms with Crippen LogP contribution >= 0.6 is 0 Å². The first-order valence-corrected chi connectivity index (χ1v) is 8.81. The number of hydrogen-bond donors (Lipinski definition) is 1. The standard InChI is InChI=1S/C19H26O3/c1-18-8-7-12(20)9-11(18)3-4-13-14-5-6-16(22)19(14,2)10-15(21)17(13)18/h9,12-14,17,20H,3-8,10H2,1-2H3/t12?,13-,14-,17+,18-,19-/m0/s1. The molecule has 0 aliphatic heterocycles. The summed E-state index contributed by atoms with van der Waals surface area (Å²) in [5.74, 6) is 1.46. The van der Waals surface area contributed by atoms with Crippen molar-refractivity contribution in [2.75, 3.05) is 0 Å². The lowest BCUT2D eigenvalue weighted by Gasteiger charge is -2.56. The predicted octanol–water partition coefficient (Wildman–Crippen LogP) is 3.06. The topological polar surface area (TPSA) is 54.4 Å². The van der Waals surface area contributed by atoms with Crippen molar-refractivity contribution in [3.05, 3.63) is 11.6 Å². The van der Waals surface area contributed by atoms with Gasteiger partial charge in [-0.05, 0) is 49.4 Å². The summed E-state index contributed by atoms with van der Waals surface area (Å²) in [7, 11) is 0. The van der Waals surface area contributed by atoms with E-state index in [1.54, 1.807) is 0 Å². The lowest BCUT2D eigenvalue weighted by Crippen LogP contribution is -2.55. The second kappa shape index (κ2) is 4.53. The number of fused-ring (bicyclic) bond motifs is 5.